The van der Waals surface area contributed by atoms with Crippen LogP contribution in [0.2, 0.25) is 0 Å². The predicted octanol–water partition coefficient (Wildman–Crippen LogP) is 8.12. The molecular formula is C36H42N4O6S2. The SMILES string of the molecule is CC(C)(C)C(=O)n1c(=O)n(C(=O)C(C)(C)C)c2c(-c3ccc(-c4scc5c4n(C(=O)C(C)(C)C)c(=O)n5C(=O)C(C)(C)C)cc3)scc21. The van der Waals surface area contributed by atoms with E-state index >= 15 is 0 Å². The summed E-state index contributed by atoms with van der Waals surface area (Å²) in [6, 6.07) is 7.38. The van der Waals surface area contributed by atoms with Gasteiger partial charge < -0.3 is 0 Å². The first-order valence-corrected chi connectivity index (χ1v) is 17.4. The fourth-order valence-corrected chi connectivity index (χ4v) is 7.38. The lowest BCUT2D eigenvalue weighted by Gasteiger charge is -2.18. The molecule has 48 heavy (non-hydrogen) atoms. The minimum atomic E-state index is -0.896. The van der Waals surface area contributed by atoms with Gasteiger partial charge in [-0.25, -0.2) is 27.9 Å². The van der Waals surface area contributed by atoms with E-state index in [-0.39, 0.29) is 0 Å². The van der Waals surface area contributed by atoms with Crippen LogP contribution in [0, 0.1) is 21.7 Å². The maximum atomic E-state index is 13.7. The Hall–Kier alpha value is -4.16. The van der Waals surface area contributed by atoms with E-state index in [4.69, 9.17) is 0 Å². The van der Waals surface area contributed by atoms with Gasteiger partial charge in [-0.05, 0) is 11.1 Å². The molecule has 0 amide bonds. The molecule has 4 heterocycles. The Morgan fingerprint density at radius 2 is 0.708 bits per heavy atom. The minimum absolute atomic E-state index is 0.371. The second kappa shape index (κ2) is 11.2. The lowest BCUT2D eigenvalue weighted by atomic mass is 9.95. The molecule has 12 heteroatoms. The number of carbonyl (C=O) groups is 4. The standard InChI is InChI=1S/C36H42N4O6S2/c1-33(2,3)27(41)37-21-17-47-25(23(21)39(31(37)45)29(43)35(7,8)9)19-13-15-20(16-14-19)26-24-22(18-48-26)38(28(42)34(4,5)6)32(46)40(24)30(44)36(10,11)12/h13-18H,1-12H3. The zero-order valence-electron chi connectivity index (χ0n) is 29.5. The summed E-state index contributed by atoms with van der Waals surface area (Å²) < 4.78 is 4.44. The Labute approximate surface area is 286 Å². The molecular weight excluding hydrogens is 649 g/mol. The zero-order chi connectivity index (χ0) is 36.0. The molecule has 0 atom stereocenters. The van der Waals surface area contributed by atoms with Gasteiger partial charge in [0.25, 0.3) is 0 Å². The number of hydrogen-bond acceptors (Lipinski definition) is 8. The number of aromatic nitrogens is 4. The number of carbonyl (C=O) groups excluding carboxylic acids is 4. The molecule has 0 unspecified atom stereocenters. The highest BCUT2D eigenvalue weighted by molar-refractivity contribution is 7.15. The highest BCUT2D eigenvalue weighted by Crippen LogP contribution is 2.40. The van der Waals surface area contributed by atoms with E-state index in [2.05, 4.69) is 0 Å². The highest BCUT2D eigenvalue weighted by atomic mass is 32.1. The average Bonchev–Trinajstić information content (AvgIpc) is 3.69. The molecule has 0 bridgehead atoms. The summed E-state index contributed by atoms with van der Waals surface area (Å²) >= 11 is 2.66. The van der Waals surface area contributed by atoms with E-state index in [0.717, 1.165) is 18.3 Å². The molecule has 0 saturated carbocycles. The molecule has 1 aromatic carbocycles. The first kappa shape index (κ1) is 35.2. The van der Waals surface area contributed by atoms with E-state index in [1.54, 1.807) is 93.8 Å². The highest BCUT2D eigenvalue weighted by Gasteiger charge is 2.36. The first-order chi connectivity index (χ1) is 21.9. The third-order valence-corrected chi connectivity index (χ3v) is 9.99. The summed E-state index contributed by atoms with van der Waals surface area (Å²) in [4.78, 5) is 83.0. The maximum absolute atomic E-state index is 13.7. The van der Waals surface area contributed by atoms with E-state index < -0.39 is 56.7 Å². The molecule has 0 saturated heterocycles. The molecule has 0 N–H and O–H groups in total. The fraction of sp³-hybridized carbons (Fsp3) is 0.444. The Morgan fingerprint density at radius 3 is 0.958 bits per heavy atom. The molecule has 10 nitrogen and oxygen atoms in total. The van der Waals surface area contributed by atoms with Gasteiger partial charge in [0.1, 0.15) is 0 Å². The molecule has 0 fully saturated rings. The summed E-state index contributed by atoms with van der Waals surface area (Å²) in [7, 11) is 0. The van der Waals surface area contributed by atoms with Crippen LogP contribution in [0.4, 0.5) is 0 Å². The van der Waals surface area contributed by atoms with Gasteiger partial charge in [-0.15, -0.1) is 22.7 Å². The normalized spacial score (nSPS) is 13.1. The summed E-state index contributed by atoms with van der Waals surface area (Å²) in [5, 5.41) is 3.45. The predicted molar refractivity (Wildman–Crippen MR) is 193 cm³/mol. The molecule has 0 radical (unpaired) electrons. The number of nitrogens with zero attached hydrogens (tertiary/aromatic N) is 4. The lowest BCUT2D eigenvalue weighted by molar-refractivity contribution is 0.0736. The Morgan fingerprint density at radius 1 is 0.458 bits per heavy atom. The van der Waals surface area contributed by atoms with Crippen LogP contribution in [0.15, 0.2) is 44.6 Å². The Kier molecular flexibility index (Phi) is 8.20. The summed E-state index contributed by atoms with van der Waals surface area (Å²) in [5.74, 6) is -1.67. The van der Waals surface area contributed by atoms with Crippen molar-refractivity contribution in [3.8, 4) is 20.9 Å². The van der Waals surface area contributed by atoms with Crippen molar-refractivity contribution < 1.29 is 19.2 Å². The molecule has 0 aliphatic carbocycles. The van der Waals surface area contributed by atoms with Crippen molar-refractivity contribution >= 4 is 68.4 Å². The number of hydrogen-bond donors (Lipinski definition) is 0. The summed E-state index contributed by atoms with van der Waals surface area (Å²) in [5.41, 5.74) is -2.00. The van der Waals surface area contributed by atoms with Gasteiger partial charge in [-0.3, -0.25) is 19.2 Å². The summed E-state index contributed by atoms with van der Waals surface area (Å²) in [6.45, 7) is 20.7. The lowest BCUT2D eigenvalue weighted by Crippen LogP contribution is -2.40. The average molecular weight is 691 g/mol. The third kappa shape index (κ3) is 5.58. The minimum Gasteiger partial charge on any atom is -0.273 e. The van der Waals surface area contributed by atoms with Crippen molar-refractivity contribution in [2.75, 3.05) is 0 Å². The molecule has 4 aromatic heterocycles. The van der Waals surface area contributed by atoms with Crippen LogP contribution in [0.5, 0.6) is 0 Å². The monoisotopic (exact) mass is 690 g/mol. The van der Waals surface area contributed by atoms with Crippen LogP contribution >= 0.6 is 22.7 Å². The van der Waals surface area contributed by atoms with Crippen molar-refractivity contribution in [2.24, 2.45) is 21.7 Å². The van der Waals surface area contributed by atoms with Crippen molar-refractivity contribution in [3.63, 3.8) is 0 Å². The number of imidazole rings is 2. The molecule has 0 aliphatic rings. The van der Waals surface area contributed by atoms with Crippen molar-refractivity contribution in [3.05, 3.63) is 56.0 Å². The van der Waals surface area contributed by atoms with Crippen LogP contribution in [0.25, 0.3) is 42.9 Å². The Bertz CT molecular complexity index is 2110. The third-order valence-electron chi connectivity index (χ3n) is 7.97. The molecule has 5 rings (SSSR count). The van der Waals surface area contributed by atoms with E-state index in [1.165, 1.54) is 22.7 Å². The second-order valence-corrected chi connectivity index (χ2v) is 18.1. The largest absolute Gasteiger partial charge is 0.342 e. The second-order valence-electron chi connectivity index (χ2n) is 16.3. The molecule has 0 spiro atoms. The molecule has 5 aromatic rings. The van der Waals surface area contributed by atoms with Crippen LogP contribution in [-0.4, -0.2) is 41.9 Å². The van der Waals surface area contributed by atoms with Gasteiger partial charge in [-0.1, -0.05) is 107 Å². The van der Waals surface area contributed by atoms with Crippen LogP contribution in [-0.2, 0) is 0 Å². The maximum Gasteiger partial charge on any atom is 0.342 e. The summed E-state index contributed by atoms with van der Waals surface area (Å²) in [6.07, 6.45) is 0. The topological polar surface area (TPSA) is 122 Å². The zero-order valence-corrected chi connectivity index (χ0v) is 31.2. The van der Waals surface area contributed by atoms with Crippen molar-refractivity contribution in [2.45, 2.75) is 83.1 Å². The van der Waals surface area contributed by atoms with Crippen LogP contribution in [0.1, 0.15) is 102 Å². The smallest absolute Gasteiger partial charge is 0.273 e. The van der Waals surface area contributed by atoms with E-state index in [1.807, 2.05) is 24.3 Å². The van der Waals surface area contributed by atoms with Gasteiger partial charge in [0, 0.05) is 32.4 Å². The van der Waals surface area contributed by atoms with Crippen LogP contribution in [0.3, 0.4) is 0 Å². The van der Waals surface area contributed by atoms with Gasteiger partial charge in [0.05, 0.1) is 31.8 Å². The first-order valence-electron chi connectivity index (χ1n) is 15.7. The Balaban J connectivity index is 1.73. The van der Waals surface area contributed by atoms with Gasteiger partial charge >= 0.3 is 11.4 Å². The fourth-order valence-electron chi connectivity index (χ4n) is 5.33. The van der Waals surface area contributed by atoms with Crippen LogP contribution < -0.4 is 11.4 Å². The number of thiophene rings is 2. The number of rotatable bonds is 2. The van der Waals surface area contributed by atoms with Gasteiger partial charge in [0.2, 0.25) is 23.6 Å². The van der Waals surface area contributed by atoms with Crippen molar-refractivity contribution in [1.29, 1.82) is 0 Å². The van der Waals surface area contributed by atoms with E-state index in [0.29, 0.717) is 42.9 Å². The van der Waals surface area contributed by atoms with E-state index in [9.17, 15) is 28.8 Å². The molecule has 0 aliphatic heterocycles. The quantitative estimate of drug-likeness (QED) is 0.184. The molecule has 254 valence electrons. The van der Waals surface area contributed by atoms with Gasteiger partial charge in [-0.2, -0.15) is 0 Å². The number of fused-ring (bicyclic) bond motifs is 2. The number of benzene rings is 1. The van der Waals surface area contributed by atoms with Gasteiger partial charge in [0.15, 0.2) is 0 Å². The van der Waals surface area contributed by atoms with Crippen molar-refractivity contribution in [1.82, 2.24) is 18.3 Å².